The van der Waals surface area contributed by atoms with Crippen LogP contribution in [0, 0.1) is 5.92 Å². The van der Waals surface area contributed by atoms with Crippen LogP contribution >= 0.6 is 0 Å². The van der Waals surface area contributed by atoms with Gasteiger partial charge in [-0.3, -0.25) is 0 Å². The number of benzene rings is 1. The van der Waals surface area contributed by atoms with Gasteiger partial charge in [0.1, 0.15) is 6.10 Å². The lowest BCUT2D eigenvalue weighted by atomic mass is 10.1. The molecule has 0 aliphatic carbocycles. The Balaban J connectivity index is 2.76. The van der Waals surface area contributed by atoms with Crippen molar-refractivity contribution in [2.75, 3.05) is 20.2 Å². The Bertz CT molecular complexity index is 391. The third kappa shape index (κ3) is 5.04. The third-order valence-corrected chi connectivity index (χ3v) is 3.43. The fraction of sp³-hybridized carbons (Fsp3) is 0.647. The van der Waals surface area contributed by atoms with Gasteiger partial charge in [0.05, 0.1) is 7.11 Å². The van der Waals surface area contributed by atoms with Crippen LogP contribution in [-0.2, 0) is 6.42 Å². The predicted octanol–water partition coefficient (Wildman–Crippen LogP) is 3.66. The van der Waals surface area contributed by atoms with E-state index in [9.17, 15) is 0 Å². The molecule has 0 aromatic heterocycles. The van der Waals surface area contributed by atoms with Crippen molar-refractivity contribution in [3.63, 3.8) is 0 Å². The second-order valence-electron chi connectivity index (χ2n) is 5.44. The lowest BCUT2D eigenvalue weighted by Crippen LogP contribution is -2.35. The van der Waals surface area contributed by atoms with Crippen LogP contribution in [0.1, 0.15) is 39.7 Å². The first-order valence-electron chi connectivity index (χ1n) is 7.66. The molecule has 20 heavy (non-hydrogen) atoms. The van der Waals surface area contributed by atoms with Gasteiger partial charge in [-0.15, -0.1) is 0 Å². The van der Waals surface area contributed by atoms with Gasteiger partial charge in [-0.25, -0.2) is 0 Å². The highest BCUT2D eigenvalue weighted by Gasteiger charge is 2.17. The molecule has 1 N–H and O–H groups in total. The van der Waals surface area contributed by atoms with Gasteiger partial charge in [-0.2, -0.15) is 0 Å². The van der Waals surface area contributed by atoms with Gasteiger partial charge in [0.2, 0.25) is 0 Å². The molecular weight excluding hydrogens is 250 g/mol. The summed E-state index contributed by atoms with van der Waals surface area (Å²) in [6.45, 7) is 10.6. The minimum atomic E-state index is 0.155. The van der Waals surface area contributed by atoms with Gasteiger partial charge in [-0.05, 0) is 43.0 Å². The molecule has 0 aliphatic heterocycles. The molecule has 0 bridgehead atoms. The summed E-state index contributed by atoms with van der Waals surface area (Å²) in [5.41, 5.74) is 1.26. The van der Waals surface area contributed by atoms with E-state index in [2.05, 4.69) is 45.1 Å². The lowest BCUT2D eigenvalue weighted by Gasteiger charge is -2.24. The van der Waals surface area contributed by atoms with Crippen LogP contribution < -0.4 is 14.8 Å². The summed E-state index contributed by atoms with van der Waals surface area (Å²) in [4.78, 5) is 0. The van der Waals surface area contributed by atoms with Crippen LogP contribution in [0.5, 0.6) is 11.5 Å². The maximum Gasteiger partial charge on any atom is 0.161 e. The standard InChI is InChI=1S/C17H29NO2/c1-6-10-18-12-17(13(3)4)20-15-9-8-14(7-2)11-16(15)19-5/h8-9,11,13,17-18H,6-7,10,12H2,1-5H3. The van der Waals surface area contributed by atoms with Crippen LogP contribution in [0.3, 0.4) is 0 Å². The van der Waals surface area contributed by atoms with E-state index in [-0.39, 0.29) is 6.10 Å². The molecule has 0 radical (unpaired) electrons. The van der Waals surface area contributed by atoms with Gasteiger partial charge >= 0.3 is 0 Å². The SMILES string of the molecule is CCCNCC(Oc1ccc(CC)cc1OC)C(C)C. The van der Waals surface area contributed by atoms with E-state index >= 15 is 0 Å². The van der Waals surface area contributed by atoms with Crippen molar-refractivity contribution < 1.29 is 9.47 Å². The fourth-order valence-electron chi connectivity index (χ4n) is 2.03. The monoisotopic (exact) mass is 279 g/mol. The van der Waals surface area contributed by atoms with Crippen molar-refractivity contribution >= 4 is 0 Å². The smallest absolute Gasteiger partial charge is 0.161 e. The Morgan fingerprint density at radius 3 is 2.45 bits per heavy atom. The molecule has 114 valence electrons. The predicted molar refractivity (Wildman–Crippen MR) is 84.8 cm³/mol. The summed E-state index contributed by atoms with van der Waals surface area (Å²) < 4.78 is 11.6. The normalized spacial score (nSPS) is 12.5. The minimum absolute atomic E-state index is 0.155. The molecule has 1 unspecified atom stereocenters. The summed E-state index contributed by atoms with van der Waals surface area (Å²) in [6.07, 6.45) is 2.30. The highest BCUT2D eigenvalue weighted by molar-refractivity contribution is 5.43. The van der Waals surface area contributed by atoms with Crippen LogP contribution in [0.2, 0.25) is 0 Å². The molecule has 3 nitrogen and oxygen atoms in total. The molecule has 0 saturated carbocycles. The largest absolute Gasteiger partial charge is 0.493 e. The molecular formula is C17H29NO2. The van der Waals surface area contributed by atoms with E-state index in [0.717, 1.165) is 37.4 Å². The first-order valence-corrected chi connectivity index (χ1v) is 7.66. The van der Waals surface area contributed by atoms with E-state index in [1.54, 1.807) is 7.11 Å². The number of aryl methyl sites for hydroxylation is 1. The molecule has 1 aromatic carbocycles. The molecule has 0 amide bonds. The van der Waals surface area contributed by atoms with Crippen LogP contribution in [0.25, 0.3) is 0 Å². The summed E-state index contributed by atoms with van der Waals surface area (Å²) in [5, 5.41) is 3.43. The van der Waals surface area contributed by atoms with E-state index in [1.165, 1.54) is 5.56 Å². The van der Waals surface area contributed by atoms with Crippen molar-refractivity contribution in [3.8, 4) is 11.5 Å². The van der Waals surface area contributed by atoms with Gasteiger partial charge in [0.15, 0.2) is 11.5 Å². The Labute approximate surface area is 123 Å². The van der Waals surface area contributed by atoms with Crippen molar-refractivity contribution in [2.45, 2.75) is 46.6 Å². The van der Waals surface area contributed by atoms with Gasteiger partial charge in [-0.1, -0.05) is 33.8 Å². The maximum atomic E-state index is 6.16. The van der Waals surface area contributed by atoms with E-state index in [1.807, 2.05) is 6.07 Å². The molecule has 0 saturated heterocycles. The summed E-state index contributed by atoms with van der Waals surface area (Å²) in [5.74, 6) is 2.11. The second-order valence-corrected chi connectivity index (χ2v) is 5.44. The summed E-state index contributed by atoms with van der Waals surface area (Å²) >= 11 is 0. The third-order valence-electron chi connectivity index (χ3n) is 3.43. The Morgan fingerprint density at radius 2 is 1.90 bits per heavy atom. The average Bonchev–Trinajstić information content (AvgIpc) is 2.46. The van der Waals surface area contributed by atoms with Crippen molar-refractivity contribution in [1.82, 2.24) is 5.32 Å². The minimum Gasteiger partial charge on any atom is -0.493 e. The summed E-state index contributed by atoms with van der Waals surface area (Å²) in [6, 6.07) is 6.19. The molecule has 3 heteroatoms. The maximum absolute atomic E-state index is 6.16. The summed E-state index contributed by atoms with van der Waals surface area (Å²) in [7, 11) is 1.70. The molecule has 0 spiro atoms. The highest BCUT2D eigenvalue weighted by Crippen LogP contribution is 2.30. The topological polar surface area (TPSA) is 30.5 Å². The van der Waals surface area contributed by atoms with Gasteiger partial charge in [0, 0.05) is 6.54 Å². The molecule has 1 atom stereocenters. The van der Waals surface area contributed by atoms with Crippen molar-refractivity contribution in [1.29, 1.82) is 0 Å². The quantitative estimate of drug-likeness (QED) is 0.700. The zero-order valence-electron chi connectivity index (χ0n) is 13.5. The molecule has 1 rings (SSSR count). The molecule has 0 heterocycles. The average molecular weight is 279 g/mol. The zero-order chi connectivity index (χ0) is 15.0. The van der Waals surface area contributed by atoms with Crippen molar-refractivity contribution in [2.24, 2.45) is 5.92 Å². The fourth-order valence-corrected chi connectivity index (χ4v) is 2.03. The van der Waals surface area contributed by atoms with Crippen LogP contribution in [0.15, 0.2) is 18.2 Å². The first kappa shape index (κ1) is 16.8. The second kappa shape index (κ2) is 8.85. The van der Waals surface area contributed by atoms with E-state index in [0.29, 0.717) is 5.92 Å². The number of hydrogen-bond donors (Lipinski definition) is 1. The molecule has 0 aliphatic rings. The number of methoxy groups -OCH3 is 1. The Hall–Kier alpha value is -1.22. The number of hydrogen-bond acceptors (Lipinski definition) is 3. The van der Waals surface area contributed by atoms with Crippen LogP contribution in [-0.4, -0.2) is 26.3 Å². The Kier molecular flexibility index (Phi) is 7.45. The Morgan fingerprint density at radius 1 is 1.15 bits per heavy atom. The van der Waals surface area contributed by atoms with Crippen molar-refractivity contribution in [3.05, 3.63) is 23.8 Å². The van der Waals surface area contributed by atoms with E-state index in [4.69, 9.17) is 9.47 Å². The van der Waals surface area contributed by atoms with Gasteiger partial charge in [0.25, 0.3) is 0 Å². The number of rotatable bonds is 9. The number of nitrogens with one attached hydrogen (secondary N) is 1. The van der Waals surface area contributed by atoms with Crippen LogP contribution in [0.4, 0.5) is 0 Å². The number of ether oxygens (including phenoxy) is 2. The lowest BCUT2D eigenvalue weighted by molar-refractivity contribution is 0.144. The zero-order valence-corrected chi connectivity index (χ0v) is 13.5. The van der Waals surface area contributed by atoms with E-state index < -0.39 is 0 Å². The highest BCUT2D eigenvalue weighted by atomic mass is 16.5. The first-order chi connectivity index (χ1) is 9.62. The molecule has 0 fully saturated rings. The molecule has 1 aromatic rings. The van der Waals surface area contributed by atoms with Gasteiger partial charge < -0.3 is 14.8 Å².